The van der Waals surface area contributed by atoms with Crippen LogP contribution in [0.5, 0.6) is 0 Å². The summed E-state index contributed by atoms with van der Waals surface area (Å²) in [6.45, 7) is 3.65. The van der Waals surface area contributed by atoms with Crippen LogP contribution in [0.4, 0.5) is 11.5 Å². The summed E-state index contributed by atoms with van der Waals surface area (Å²) in [5, 5.41) is 10.8. The van der Waals surface area contributed by atoms with E-state index in [0.29, 0.717) is 29.2 Å². The zero-order valence-corrected chi connectivity index (χ0v) is 25.0. The Labute approximate surface area is 254 Å². The van der Waals surface area contributed by atoms with Gasteiger partial charge in [0, 0.05) is 41.1 Å². The van der Waals surface area contributed by atoms with Crippen molar-refractivity contribution in [1.82, 2.24) is 29.0 Å². The van der Waals surface area contributed by atoms with Crippen molar-refractivity contribution < 1.29 is 4.79 Å². The second kappa shape index (κ2) is 11.9. The molecule has 0 unspecified atom stereocenters. The molecule has 1 aliphatic carbocycles. The Balaban J connectivity index is 1.31. The standard InChI is InChI=1S/C33H36N8O3/c1-20(2)39-18-27(32(43)40(33(39)44)25-7-5-4-6-8-25)31(42)38-24-15-9-21(10-16-24)26-17-28(22-11-13-23(35-3)14-12-22)41-29(26)30(34)36-19-37-41/h4-10,15-20,22-23,35H,11-14H2,1-3H3,(H,38,42)(H2,34,36,37). The van der Waals surface area contributed by atoms with Gasteiger partial charge in [-0.2, -0.15) is 5.10 Å². The van der Waals surface area contributed by atoms with E-state index in [4.69, 9.17) is 5.73 Å². The van der Waals surface area contributed by atoms with Gasteiger partial charge < -0.3 is 16.4 Å². The summed E-state index contributed by atoms with van der Waals surface area (Å²) in [4.78, 5) is 44.3. The van der Waals surface area contributed by atoms with E-state index in [-0.39, 0.29) is 11.6 Å². The summed E-state index contributed by atoms with van der Waals surface area (Å²) in [5.41, 5.74) is 9.63. The zero-order valence-electron chi connectivity index (χ0n) is 25.0. The van der Waals surface area contributed by atoms with Gasteiger partial charge in [-0.15, -0.1) is 0 Å². The molecular weight excluding hydrogens is 556 g/mol. The predicted octanol–water partition coefficient (Wildman–Crippen LogP) is 4.37. The van der Waals surface area contributed by atoms with Crippen molar-refractivity contribution in [3.63, 3.8) is 0 Å². The topological polar surface area (TPSA) is 141 Å². The number of nitrogen functional groups attached to an aromatic ring is 1. The van der Waals surface area contributed by atoms with Gasteiger partial charge in [-0.1, -0.05) is 30.3 Å². The lowest BCUT2D eigenvalue weighted by Gasteiger charge is -2.27. The first kappa shape index (κ1) is 29.1. The van der Waals surface area contributed by atoms with Crippen LogP contribution >= 0.6 is 0 Å². The van der Waals surface area contributed by atoms with E-state index in [1.54, 1.807) is 42.5 Å². The van der Waals surface area contributed by atoms with Crippen molar-refractivity contribution in [2.24, 2.45) is 0 Å². The smallest absolute Gasteiger partial charge is 0.335 e. The Bertz CT molecular complexity index is 1930. The van der Waals surface area contributed by atoms with Crippen molar-refractivity contribution >= 4 is 22.9 Å². The maximum absolute atomic E-state index is 13.4. The molecule has 1 fully saturated rings. The van der Waals surface area contributed by atoms with Gasteiger partial charge in [0.25, 0.3) is 11.5 Å². The van der Waals surface area contributed by atoms with E-state index in [9.17, 15) is 14.4 Å². The van der Waals surface area contributed by atoms with E-state index < -0.39 is 17.2 Å². The molecule has 6 rings (SSSR count). The molecule has 4 N–H and O–H groups in total. The first-order valence-corrected chi connectivity index (χ1v) is 14.9. The molecule has 1 saturated carbocycles. The Morgan fingerprint density at radius 3 is 2.36 bits per heavy atom. The quantitative estimate of drug-likeness (QED) is 0.255. The van der Waals surface area contributed by atoms with Crippen LogP contribution in [-0.4, -0.2) is 42.7 Å². The zero-order chi connectivity index (χ0) is 31.0. The number of carbonyl (C=O) groups excluding carboxylic acids is 1. The molecule has 0 atom stereocenters. The third kappa shape index (κ3) is 5.30. The predicted molar refractivity (Wildman–Crippen MR) is 172 cm³/mol. The minimum atomic E-state index is -0.681. The van der Waals surface area contributed by atoms with Gasteiger partial charge in [-0.05, 0) is 82.5 Å². The largest absolute Gasteiger partial charge is 0.382 e. The summed E-state index contributed by atoms with van der Waals surface area (Å²) < 4.78 is 4.34. The summed E-state index contributed by atoms with van der Waals surface area (Å²) in [6.07, 6.45) is 7.14. The molecule has 44 heavy (non-hydrogen) atoms. The number of rotatable bonds is 7. The van der Waals surface area contributed by atoms with Gasteiger partial charge in [-0.25, -0.2) is 18.9 Å². The second-order valence-corrected chi connectivity index (χ2v) is 11.6. The molecule has 0 bridgehead atoms. The molecule has 11 nitrogen and oxygen atoms in total. The molecule has 1 amide bonds. The Kier molecular flexibility index (Phi) is 7.88. The third-order valence-electron chi connectivity index (χ3n) is 8.55. The van der Waals surface area contributed by atoms with Crippen LogP contribution in [0.1, 0.15) is 67.5 Å². The lowest BCUT2D eigenvalue weighted by Crippen LogP contribution is -2.42. The van der Waals surface area contributed by atoms with E-state index in [2.05, 4.69) is 26.8 Å². The average Bonchev–Trinajstić information content (AvgIpc) is 3.43. The van der Waals surface area contributed by atoms with Crippen LogP contribution in [-0.2, 0) is 0 Å². The maximum atomic E-state index is 13.4. The lowest BCUT2D eigenvalue weighted by atomic mass is 9.84. The van der Waals surface area contributed by atoms with E-state index in [0.717, 1.165) is 52.6 Å². The number of fused-ring (bicyclic) bond motifs is 1. The van der Waals surface area contributed by atoms with E-state index in [1.807, 2.05) is 37.5 Å². The average molecular weight is 593 g/mol. The Hall–Kier alpha value is -5.03. The van der Waals surface area contributed by atoms with Crippen molar-refractivity contribution in [2.75, 3.05) is 18.1 Å². The first-order chi connectivity index (χ1) is 21.3. The van der Waals surface area contributed by atoms with Gasteiger partial charge >= 0.3 is 5.69 Å². The number of benzene rings is 2. The molecule has 0 spiro atoms. The van der Waals surface area contributed by atoms with Crippen LogP contribution in [0.25, 0.3) is 22.3 Å². The summed E-state index contributed by atoms with van der Waals surface area (Å²) in [5.74, 6) is 0.161. The van der Waals surface area contributed by atoms with Crippen LogP contribution in [0.2, 0.25) is 0 Å². The van der Waals surface area contributed by atoms with Crippen LogP contribution in [0.15, 0.2) is 82.8 Å². The number of carbonyl (C=O) groups is 1. The number of nitrogens with zero attached hydrogens (tertiary/aromatic N) is 5. The summed E-state index contributed by atoms with van der Waals surface area (Å²) in [6, 6.07) is 18.4. The number of para-hydroxylation sites is 1. The minimum Gasteiger partial charge on any atom is -0.382 e. The Morgan fingerprint density at radius 1 is 1.00 bits per heavy atom. The Morgan fingerprint density at radius 2 is 1.70 bits per heavy atom. The van der Waals surface area contributed by atoms with Gasteiger partial charge in [0.2, 0.25) is 0 Å². The summed E-state index contributed by atoms with van der Waals surface area (Å²) in [7, 11) is 2.01. The fourth-order valence-electron chi connectivity index (χ4n) is 6.12. The SMILES string of the molecule is CNC1CCC(c2cc(-c3ccc(NC(=O)c4cn(C(C)C)c(=O)n(-c5ccccc5)c4=O)cc3)c3c(N)ncnn23)CC1. The van der Waals surface area contributed by atoms with Crippen LogP contribution < -0.4 is 27.6 Å². The van der Waals surface area contributed by atoms with Crippen molar-refractivity contribution in [3.05, 3.63) is 105 Å². The van der Waals surface area contributed by atoms with E-state index in [1.165, 1.54) is 17.1 Å². The van der Waals surface area contributed by atoms with Gasteiger partial charge in [-0.3, -0.25) is 14.2 Å². The lowest BCUT2D eigenvalue weighted by molar-refractivity contribution is 0.102. The fraction of sp³-hybridized carbons (Fsp3) is 0.303. The minimum absolute atomic E-state index is 0.132. The molecule has 0 aliphatic heterocycles. The van der Waals surface area contributed by atoms with Gasteiger partial charge in [0.1, 0.15) is 17.4 Å². The van der Waals surface area contributed by atoms with Crippen LogP contribution in [0.3, 0.4) is 0 Å². The molecule has 1 aliphatic rings. The third-order valence-corrected chi connectivity index (χ3v) is 8.55. The normalized spacial score (nSPS) is 16.8. The molecule has 11 heteroatoms. The van der Waals surface area contributed by atoms with E-state index >= 15 is 0 Å². The molecule has 0 saturated heterocycles. The molecule has 3 aromatic heterocycles. The number of nitrogens with one attached hydrogen (secondary N) is 2. The molecular formula is C33H36N8O3. The van der Waals surface area contributed by atoms with Crippen molar-refractivity contribution in [2.45, 2.75) is 57.5 Å². The second-order valence-electron chi connectivity index (χ2n) is 11.6. The number of hydrogen-bond donors (Lipinski definition) is 3. The van der Waals surface area contributed by atoms with Crippen molar-refractivity contribution in [1.29, 1.82) is 0 Å². The highest BCUT2D eigenvalue weighted by atomic mass is 16.2. The highest BCUT2D eigenvalue weighted by Crippen LogP contribution is 2.38. The number of amides is 1. The molecule has 226 valence electrons. The molecule has 2 aromatic carbocycles. The highest BCUT2D eigenvalue weighted by molar-refractivity contribution is 6.04. The van der Waals surface area contributed by atoms with Gasteiger partial charge in [0.15, 0.2) is 5.82 Å². The maximum Gasteiger partial charge on any atom is 0.335 e. The monoisotopic (exact) mass is 592 g/mol. The first-order valence-electron chi connectivity index (χ1n) is 14.9. The molecule has 0 radical (unpaired) electrons. The van der Waals surface area contributed by atoms with Crippen molar-refractivity contribution in [3.8, 4) is 16.8 Å². The molecule has 3 heterocycles. The number of nitrogens with two attached hydrogens (primary N) is 1. The van der Waals surface area contributed by atoms with Gasteiger partial charge in [0.05, 0.1) is 5.69 Å². The summed E-state index contributed by atoms with van der Waals surface area (Å²) >= 11 is 0. The molecule has 5 aromatic rings. The number of aromatic nitrogens is 5. The van der Waals surface area contributed by atoms with Crippen LogP contribution in [0, 0.1) is 0 Å². The highest BCUT2D eigenvalue weighted by Gasteiger charge is 2.26. The number of hydrogen-bond acceptors (Lipinski definition) is 7. The number of anilines is 2. The fourth-order valence-corrected chi connectivity index (χ4v) is 6.12.